The van der Waals surface area contributed by atoms with Gasteiger partial charge in [-0.2, -0.15) is 9.78 Å². The molecule has 5 rings (SSSR count). The van der Waals surface area contributed by atoms with Crippen LogP contribution in [0, 0.1) is 13.8 Å². The molecule has 0 spiro atoms. The molecular weight excluding hydrogens is 452 g/mol. The van der Waals surface area contributed by atoms with E-state index >= 15 is 0 Å². The molecule has 7 heteroatoms. The molecule has 0 fully saturated rings. The van der Waals surface area contributed by atoms with Crippen molar-refractivity contribution in [1.29, 1.82) is 0 Å². The monoisotopic (exact) mass is 472 g/mol. The number of benzene rings is 3. The van der Waals surface area contributed by atoms with Gasteiger partial charge in [-0.1, -0.05) is 71.5 Å². The van der Waals surface area contributed by atoms with Crippen LogP contribution < -0.4 is 5.32 Å². The van der Waals surface area contributed by atoms with Gasteiger partial charge in [-0.25, -0.2) is 4.98 Å². The molecule has 33 heavy (non-hydrogen) atoms. The van der Waals surface area contributed by atoms with Crippen LogP contribution in [0.15, 0.2) is 72.8 Å². The molecule has 0 aliphatic rings. The Morgan fingerprint density at radius 3 is 2.45 bits per heavy atom. The summed E-state index contributed by atoms with van der Waals surface area (Å²) in [4.78, 5) is 17.7. The Kier molecular flexibility index (Phi) is 5.70. The van der Waals surface area contributed by atoms with Gasteiger partial charge in [0, 0.05) is 11.6 Å². The van der Waals surface area contributed by atoms with Crippen molar-refractivity contribution >= 4 is 44.9 Å². The Bertz CT molecular complexity index is 1420. The van der Waals surface area contributed by atoms with E-state index in [-0.39, 0.29) is 5.91 Å². The summed E-state index contributed by atoms with van der Waals surface area (Å²) in [7, 11) is 0. The van der Waals surface area contributed by atoms with E-state index < -0.39 is 0 Å². The van der Waals surface area contributed by atoms with Gasteiger partial charge in [0.25, 0.3) is 5.91 Å². The second-order valence-electron chi connectivity index (χ2n) is 7.93. The highest BCUT2D eigenvalue weighted by molar-refractivity contribution is 7.21. The molecule has 3 aromatic carbocycles. The van der Waals surface area contributed by atoms with Gasteiger partial charge < -0.3 is 5.32 Å². The number of nitrogens with zero attached hydrogens (tertiary/aromatic N) is 3. The number of carbonyl (C=O) groups is 1. The number of amides is 1. The largest absolute Gasteiger partial charge is 0.306 e. The molecule has 1 N–H and O–H groups in total. The standard InChI is InChI=1S/C26H21ClN4OS/c1-16-8-13-21(27)24-23(16)29-26(33-24)31-22(14-17(2)30-31)28-25(32)20-11-9-19(10-12-20)15-18-6-4-3-5-7-18/h3-14H,15H2,1-2H3,(H,28,32). The van der Waals surface area contributed by atoms with Crippen molar-refractivity contribution in [1.82, 2.24) is 14.8 Å². The summed E-state index contributed by atoms with van der Waals surface area (Å²) in [6.07, 6.45) is 0.828. The fourth-order valence-corrected chi connectivity index (χ4v) is 4.99. The number of anilines is 1. The van der Waals surface area contributed by atoms with Gasteiger partial charge in [-0.05, 0) is 55.2 Å². The third kappa shape index (κ3) is 4.40. The first kappa shape index (κ1) is 21.4. The number of aromatic nitrogens is 3. The lowest BCUT2D eigenvalue weighted by molar-refractivity contribution is 0.102. The van der Waals surface area contributed by atoms with Crippen molar-refractivity contribution < 1.29 is 4.79 Å². The summed E-state index contributed by atoms with van der Waals surface area (Å²) >= 11 is 7.82. The Labute approximate surface area is 200 Å². The maximum Gasteiger partial charge on any atom is 0.256 e. The van der Waals surface area contributed by atoms with E-state index in [9.17, 15) is 4.79 Å². The van der Waals surface area contributed by atoms with Crippen LogP contribution >= 0.6 is 22.9 Å². The molecule has 164 valence electrons. The summed E-state index contributed by atoms with van der Waals surface area (Å²) in [5.74, 6) is 0.372. The van der Waals surface area contributed by atoms with E-state index in [4.69, 9.17) is 16.6 Å². The van der Waals surface area contributed by atoms with Gasteiger partial charge in [-0.15, -0.1) is 0 Å². The maximum atomic E-state index is 13.0. The fraction of sp³-hybridized carbons (Fsp3) is 0.115. The lowest BCUT2D eigenvalue weighted by Gasteiger charge is -2.08. The quantitative estimate of drug-likeness (QED) is 0.313. The molecule has 0 aliphatic carbocycles. The number of nitrogens with one attached hydrogen (secondary N) is 1. The maximum absolute atomic E-state index is 13.0. The topological polar surface area (TPSA) is 59.8 Å². The third-order valence-electron chi connectivity index (χ3n) is 5.41. The highest BCUT2D eigenvalue weighted by Crippen LogP contribution is 2.34. The second kappa shape index (κ2) is 8.81. The Balaban J connectivity index is 1.39. The van der Waals surface area contributed by atoms with Gasteiger partial charge in [0.2, 0.25) is 5.13 Å². The van der Waals surface area contributed by atoms with Crippen LogP contribution in [0.3, 0.4) is 0 Å². The number of thiazole rings is 1. The SMILES string of the molecule is Cc1cc(NC(=O)c2ccc(Cc3ccccc3)cc2)n(-c2nc3c(C)ccc(Cl)c3s2)n1. The smallest absolute Gasteiger partial charge is 0.256 e. The van der Waals surface area contributed by atoms with Crippen LogP contribution in [0.2, 0.25) is 5.02 Å². The molecule has 0 atom stereocenters. The molecule has 0 aliphatic heterocycles. The molecule has 0 radical (unpaired) electrons. The lowest BCUT2D eigenvalue weighted by Crippen LogP contribution is -2.15. The molecule has 1 amide bonds. The molecule has 5 nitrogen and oxygen atoms in total. The zero-order valence-corrected chi connectivity index (χ0v) is 19.7. The normalized spacial score (nSPS) is 11.1. The second-order valence-corrected chi connectivity index (χ2v) is 9.32. The first-order valence-corrected chi connectivity index (χ1v) is 11.7. The summed E-state index contributed by atoms with van der Waals surface area (Å²) in [5, 5.41) is 8.85. The molecule has 2 heterocycles. The molecule has 0 saturated heterocycles. The summed E-state index contributed by atoms with van der Waals surface area (Å²) in [6.45, 7) is 3.89. The van der Waals surface area contributed by atoms with Crippen LogP contribution in [0.5, 0.6) is 0 Å². The van der Waals surface area contributed by atoms with E-state index in [0.29, 0.717) is 21.5 Å². The average Bonchev–Trinajstić information content (AvgIpc) is 3.42. The minimum atomic E-state index is -0.197. The molecular formula is C26H21ClN4OS. The zero-order chi connectivity index (χ0) is 22.9. The van der Waals surface area contributed by atoms with Gasteiger partial charge >= 0.3 is 0 Å². The first-order chi connectivity index (χ1) is 16.0. The van der Waals surface area contributed by atoms with Gasteiger partial charge in [-0.3, -0.25) is 4.79 Å². The Morgan fingerprint density at radius 2 is 1.73 bits per heavy atom. The van der Waals surface area contributed by atoms with Crippen molar-refractivity contribution in [2.45, 2.75) is 20.3 Å². The van der Waals surface area contributed by atoms with E-state index in [1.807, 2.05) is 74.5 Å². The molecule has 0 saturated carbocycles. The Morgan fingerprint density at radius 1 is 1.00 bits per heavy atom. The van der Waals surface area contributed by atoms with Crippen molar-refractivity contribution in [3.05, 3.63) is 106 Å². The van der Waals surface area contributed by atoms with E-state index in [1.165, 1.54) is 16.9 Å². The highest BCUT2D eigenvalue weighted by Gasteiger charge is 2.17. The van der Waals surface area contributed by atoms with Crippen molar-refractivity contribution in [2.24, 2.45) is 0 Å². The molecule has 5 aromatic rings. The number of carbonyl (C=O) groups excluding carboxylic acids is 1. The minimum Gasteiger partial charge on any atom is -0.306 e. The van der Waals surface area contributed by atoms with Crippen LogP contribution in [0.1, 0.15) is 32.7 Å². The summed E-state index contributed by atoms with van der Waals surface area (Å²) in [6, 6.07) is 23.6. The fourth-order valence-electron chi connectivity index (χ4n) is 3.71. The van der Waals surface area contributed by atoms with Crippen LogP contribution in [0.4, 0.5) is 5.82 Å². The van der Waals surface area contributed by atoms with E-state index in [0.717, 1.165) is 33.5 Å². The van der Waals surface area contributed by atoms with Crippen molar-refractivity contribution in [3.63, 3.8) is 0 Å². The van der Waals surface area contributed by atoms with Crippen molar-refractivity contribution in [2.75, 3.05) is 5.32 Å². The highest BCUT2D eigenvalue weighted by atomic mass is 35.5. The van der Waals surface area contributed by atoms with Crippen LogP contribution in [-0.4, -0.2) is 20.7 Å². The molecule has 0 bridgehead atoms. The average molecular weight is 473 g/mol. The van der Waals surface area contributed by atoms with E-state index in [1.54, 1.807) is 4.68 Å². The summed E-state index contributed by atoms with van der Waals surface area (Å²) < 4.78 is 2.57. The van der Waals surface area contributed by atoms with Gasteiger partial charge in [0.1, 0.15) is 5.82 Å². The van der Waals surface area contributed by atoms with Crippen LogP contribution in [0.25, 0.3) is 15.3 Å². The van der Waals surface area contributed by atoms with Gasteiger partial charge in [0.15, 0.2) is 0 Å². The number of halogens is 1. The minimum absolute atomic E-state index is 0.197. The number of fused-ring (bicyclic) bond motifs is 1. The Hall–Kier alpha value is -3.48. The lowest BCUT2D eigenvalue weighted by atomic mass is 10.0. The third-order valence-corrected chi connectivity index (χ3v) is 6.90. The number of hydrogen-bond acceptors (Lipinski definition) is 4. The van der Waals surface area contributed by atoms with Gasteiger partial charge in [0.05, 0.1) is 20.9 Å². The predicted octanol–water partition coefficient (Wildman–Crippen LogP) is 6.60. The first-order valence-electron chi connectivity index (χ1n) is 10.5. The summed E-state index contributed by atoms with van der Waals surface area (Å²) in [5.41, 5.74) is 5.65. The van der Waals surface area contributed by atoms with E-state index in [2.05, 4.69) is 22.5 Å². The van der Waals surface area contributed by atoms with Crippen molar-refractivity contribution in [3.8, 4) is 5.13 Å². The van der Waals surface area contributed by atoms with Crippen LogP contribution in [-0.2, 0) is 6.42 Å². The number of hydrogen-bond donors (Lipinski definition) is 1. The zero-order valence-electron chi connectivity index (χ0n) is 18.2. The molecule has 0 unspecified atom stereocenters. The predicted molar refractivity (Wildman–Crippen MR) is 135 cm³/mol. The number of rotatable bonds is 5. The molecule has 2 aromatic heterocycles. The number of aryl methyl sites for hydroxylation is 2.